The minimum atomic E-state index is -0.328. The molecule has 0 unspecified atom stereocenters. The van der Waals surface area contributed by atoms with E-state index in [1.165, 1.54) is 7.11 Å². The van der Waals surface area contributed by atoms with Crippen LogP contribution in [-0.4, -0.2) is 25.8 Å². The van der Waals surface area contributed by atoms with Gasteiger partial charge in [0.05, 0.1) is 0 Å². The summed E-state index contributed by atoms with van der Waals surface area (Å²) in [6.45, 7) is 0.289. The van der Waals surface area contributed by atoms with Gasteiger partial charge in [-0.2, -0.15) is 0 Å². The summed E-state index contributed by atoms with van der Waals surface area (Å²) in [6.07, 6.45) is 0. The Hall–Kier alpha value is -2.53. The Morgan fingerprint density at radius 3 is 2.52 bits per heavy atom. The molecule has 0 aromatic heterocycles. The first-order valence-corrected chi connectivity index (χ1v) is 7.33. The zero-order valence-corrected chi connectivity index (χ0v) is 13.6. The van der Waals surface area contributed by atoms with E-state index in [0.717, 1.165) is 5.56 Å². The van der Waals surface area contributed by atoms with Crippen molar-refractivity contribution in [3.63, 3.8) is 0 Å². The summed E-state index contributed by atoms with van der Waals surface area (Å²) < 4.78 is 5.74. The molecule has 0 atom stereocenters. The second-order valence-electron chi connectivity index (χ2n) is 4.60. The number of carbonyl (C=O) groups excluding carboxylic acids is 1. The van der Waals surface area contributed by atoms with Crippen LogP contribution in [0.4, 0.5) is 0 Å². The lowest BCUT2D eigenvalue weighted by Gasteiger charge is -2.12. The number of carbonyl (C=O) groups is 1. The van der Waals surface area contributed by atoms with Gasteiger partial charge in [0.15, 0.2) is 5.71 Å². The third kappa shape index (κ3) is 4.47. The number of hydrogen-bond acceptors (Lipinski definition) is 4. The predicted molar refractivity (Wildman–Crippen MR) is 89.8 cm³/mol. The number of nitrogens with one attached hydrogen (secondary N) is 1. The molecule has 5 nitrogen and oxygen atoms in total. The van der Waals surface area contributed by atoms with Crippen molar-refractivity contribution in [1.82, 2.24) is 5.32 Å². The number of rotatable bonds is 6. The van der Waals surface area contributed by atoms with Gasteiger partial charge in [-0.15, -0.1) is 0 Å². The van der Waals surface area contributed by atoms with E-state index < -0.39 is 0 Å². The molecule has 0 radical (unpaired) electrons. The lowest BCUT2D eigenvalue weighted by Crippen LogP contribution is -2.29. The first kappa shape index (κ1) is 16.8. The van der Waals surface area contributed by atoms with E-state index in [4.69, 9.17) is 21.2 Å². The highest BCUT2D eigenvalue weighted by Crippen LogP contribution is 2.18. The van der Waals surface area contributed by atoms with Crippen LogP contribution in [0.1, 0.15) is 11.1 Å². The maximum atomic E-state index is 12.0. The summed E-state index contributed by atoms with van der Waals surface area (Å²) in [6, 6.07) is 14.5. The van der Waals surface area contributed by atoms with E-state index >= 15 is 0 Å². The smallest absolute Gasteiger partial charge is 0.273 e. The molecular formula is C17H17ClN2O3. The monoisotopic (exact) mass is 332 g/mol. The van der Waals surface area contributed by atoms with Crippen LogP contribution >= 0.6 is 11.6 Å². The number of ether oxygens (including phenoxy) is 1. The molecule has 0 aliphatic carbocycles. The molecule has 0 saturated carbocycles. The average Bonchev–Trinajstić information content (AvgIpc) is 2.59. The summed E-state index contributed by atoms with van der Waals surface area (Å²) in [5, 5.41) is 7.02. The quantitative estimate of drug-likeness (QED) is 0.653. The summed E-state index contributed by atoms with van der Waals surface area (Å²) in [7, 11) is 2.94. The second-order valence-corrected chi connectivity index (χ2v) is 5.04. The zero-order valence-electron chi connectivity index (χ0n) is 12.9. The predicted octanol–water partition coefficient (Wildman–Crippen LogP) is 3.02. The normalized spacial score (nSPS) is 11.0. The SMILES string of the molecule is CNC(=O)/C(=N\OC)c1ccccc1COc1ccc(Cl)cc1. The number of benzene rings is 2. The second kappa shape index (κ2) is 8.19. The third-order valence-corrected chi connectivity index (χ3v) is 3.36. The van der Waals surface area contributed by atoms with Crippen LogP contribution in [0.15, 0.2) is 53.7 Å². The lowest BCUT2D eigenvalue weighted by atomic mass is 10.0. The van der Waals surface area contributed by atoms with Gasteiger partial charge in [0.25, 0.3) is 5.91 Å². The van der Waals surface area contributed by atoms with Gasteiger partial charge in [-0.25, -0.2) is 0 Å². The third-order valence-electron chi connectivity index (χ3n) is 3.11. The molecule has 0 bridgehead atoms. The highest BCUT2D eigenvalue weighted by atomic mass is 35.5. The molecule has 1 N–H and O–H groups in total. The van der Waals surface area contributed by atoms with Gasteiger partial charge in [-0.1, -0.05) is 41.0 Å². The van der Waals surface area contributed by atoms with E-state index in [1.54, 1.807) is 37.4 Å². The van der Waals surface area contributed by atoms with Crippen LogP contribution in [0.25, 0.3) is 0 Å². The van der Waals surface area contributed by atoms with Gasteiger partial charge in [0.2, 0.25) is 0 Å². The molecule has 0 aliphatic rings. The Bertz CT molecular complexity index is 699. The standard InChI is InChI=1S/C17H17ClN2O3/c1-19-17(21)16(20-22-2)15-6-4-3-5-12(15)11-23-14-9-7-13(18)8-10-14/h3-10H,11H2,1-2H3,(H,19,21)/b20-16-. The van der Waals surface area contributed by atoms with Crippen molar-refractivity contribution in [2.24, 2.45) is 5.16 Å². The van der Waals surface area contributed by atoms with Crippen molar-refractivity contribution in [3.05, 3.63) is 64.7 Å². The minimum absolute atomic E-state index is 0.199. The topological polar surface area (TPSA) is 59.9 Å². The van der Waals surface area contributed by atoms with Crippen LogP contribution in [0.5, 0.6) is 5.75 Å². The molecule has 6 heteroatoms. The number of oxime groups is 1. The number of nitrogens with zero attached hydrogens (tertiary/aromatic N) is 1. The van der Waals surface area contributed by atoms with Crippen LogP contribution < -0.4 is 10.1 Å². The average molecular weight is 333 g/mol. The molecule has 0 aliphatic heterocycles. The molecule has 23 heavy (non-hydrogen) atoms. The molecule has 2 rings (SSSR count). The Kier molecular flexibility index (Phi) is 6.00. The molecular weight excluding hydrogens is 316 g/mol. The Labute approximate surface area is 139 Å². The van der Waals surface area contributed by atoms with E-state index in [-0.39, 0.29) is 18.2 Å². The van der Waals surface area contributed by atoms with Crippen molar-refractivity contribution in [2.75, 3.05) is 14.2 Å². The number of amides is 1. The van der Waals surface area contributed by atoms with Crippen LogP contribution in [-0.2, 0) is 16.2 Å². The minimum Gasteiger partial charge on any atom is -0.489 e. The van der Waals surface area contributed by atoms with Gasteiger partial charge in [-0.3, -0.25) is 4.79 Å². The maximum absolute atomic E-state index is 12.0. The number of likely N-dealkylation sites (N-methyl/N-ethyl adjacent to an activating group) is 1. The van der Waals surface area contributed by atoms with Crippen molar-refractivity contribution in [1.29, 1.82) is 0 Å². The highest BCUT2D eigenvalue weighted by Gasteiger charge is 2.17. The molecule has 2 aromatic carbocycles. The first-order chi connectivity index (χ1) is 11.2. The first-order valence-electron chi connectivity index (χ1n) is 6.95. The van der Waals surface area contributed by atoms with Gasteiger partial charge in [0.1, 0.15) is 19.5 Å². The number of hydrogen-bond donors (Lipinski definition) is 1. The molecule has 0 saturated heterocycles. The van der Waals surface area contributed by atoms with E-state index in [2.05, 4.69) is 10.5 Å². The van der Waals surface area contributed by atoms with E-state index in [0.29, 0.717) is 16.3 Å². The van der Waals surface area contributed by atoms with Crippen molar-refractivity contribution < 1.29 is 14.4 Å². The van der Waals surface area contributed by atoms with Crippen molar-refractivity contribution in [3.8, 4) is 5.75 Å². The fourth-order valence-corrected chi connectivity index (χ4v) is 2.12. The Balaban J connectivity index is 2.24. The summed E-state index contributed by atoms with van der Waals surface area (Å²) in [5.41, 5.74) is 1.68. The van der Waals surface area contributed by atoms with Crippen molar-refractivity contribution >= 4 is 23.2 Å². The van der Waals surface area contributed by atoms with Gasteiger partial charge in [0, 0.05) is 17.6 Å². The molecule has 2 aromatic rings. The Morgan fingerprint density at radius 1 is 1.17 bits per heavy atom. The van der Waals surface area contributed by atoms with Crippen molar-refractivity contribution in [2.45, 2.75) is 6.61 Å². The van der Waals surface area contributed by atoms with E-state index in [1.807, 2.05) is 18.2 Å². The zero-order chi connectivity index (χ0) is 16.7. The lowest BCUT2D eigenvalue weighted by molar-refractivity contribution is -0.114. The molecule has 1 amide bonds. The van der Waals surface area contributed by atoms with Gasteiger partial charge in [-0.05, 0) is 29.8 Å². The fourth-order valence-electron chi connectivity index (χ4n) is 1.99. The molecule has 0 heterocycles. The molecule has 0 spiro atoms. The summed E-state index contributed by atoms with van der Waals surface area (Å²) in [5.74, 6) is 0.361. The van der Waals surface area contributed by atoms with Crippen LogP contribution in [0, 0.1) is 0 Å². The number of halogens is 1. The maximum Gasteiger partial charge on any atom is 0.273 e. The van der Waals surface area contributed by atoms with Gasteiger partial charge >= 0.3 is 0 Å². The molecule has 120 valence electrons. The molecule has 0 fully saturated rings. The van der Waals surface area contributed by atoms with Crippen LogP contribution in [0.3, 0.4) is 0 Å². The summed E-state index contributed by atoms with van der Waals surface area (Å²) >= 11 is 5.85. The van der Waals surface area contributed by atoms with Crippen LogP contribution in [0.2, 0.25) is 5.02 Å². The largest absolute Gasteiger partial charge is 0.489 e. The highest BCUT2D eigenvalue weighted by molar-refractivity contribution is 6.45. The fraction of sp³-hybridized carbons (Fsp3) is 0.176. The Morgan fingerprint density at radius 2 is 1.87 bits per heavy atom. The van der Waals surface area contributed by atoms with E-state index in [9.17, 15) is 4.79 Å². The summed E-state index contributed by atoms with van der Waals surface area (Å²) in [4.78, 5) is 16.8. The van der Waals surface area contributed by atoms with Gasteiger partial charge < -0.3 is 14.9 Å².